The van der Waals surface area contributed by atoms with Gasteiger partial charge in [0.2, 0.25) is 0 Å². The molecule has 0 bridgehead atoms. The van der Waals surface area contributed by atoms with Crippen LogP contribution in [0.25, 0.3) is 31.3 Å². The number of anilines is 12. The van der Waals surface area contributed by atoms with Crippen molar-refractivity contribution in [2.75, 3.05) is 19.6 Å². The van der Waals surface area contributed by atoms with Gasteiger partial charge in [-0.3, -0.25) is 0 Å². The van der Waals surface area contributed by atoms with Crippen LogP contribution in [0.4, 0.5) is 68.2 Å². The summed E-state index contributed by atoms with van der Waals surface area (Å²) < 4.78 is 5.48. The Bertz CT molecular complexity index is 4700. The Morgan fingerprint density at radius 3 is 1.36 bits per heavy atom. The van der Waals surface area contributed by atoms with Crippen LogP contribution in [0.3, 0.4) is 0 Å². The molecule has 14 aromatic rings. The molecular formula is C78H50B2N4S2Se. The van der Waals surface area contributed by atoms with Crippen LogP contribution < -0.4 is 61.3 Å². The predicted octanol–water partition coefficient (Wildman–Crippen LogP) is 15.7. The second kappa shape index (κ2) is 20.5. The van der Waals surface area contributed by atoms with Gasteiger partial charge in [-0.05, 0) is 0 Å². The van der Waals surface area contributed by atoms with Crippen LogP contribution in [0.1, 0.15) is 0 Å². The van der Waals surface area contributed by atoms with Crippen molar-refractivity contribution in [1.82, 2.24) is 0 Å². The van der Waals surface area contributed by atoms with Gasteiger partial charge in [0, 0.05) is 0 Å². The molecule has 4 nitrogen and oxygen atoms in total. The third-order valence-corrected chi connectivity index (χ3v) is 22.7. The summed E-state index contributed by atoms with van der Waals surface area (Å²) >= 11 is 3.73. The van der Waals surface area contributed by atoms with Gasteiger partial charge in [-0.25, -0.2) is 0 Å². The van der Waals surface area contributed by atoms with Crippen molar-refractivity contribution < 1.29 is 0 Å². The molecule has 13 aromatic carbocycles. The second-order valence-electron chi connectivity index (χ2n) is 22.7. The van der Waals surface area contributed by atoms with Crippen molar-refractivity contribution >= 4 is 182 Å². The van der Waals surface area contributed by atoms with Crippen molar-refractivity contribution in [1.29, 1.82) is 0 Å². The van der Waals surface area contributed by atoms with Crippen LogP contribution in [0.15, 0.2) is 313 Å². The zero-order valence-electron chi connectivity index (χ0n) is 47.0. The fourth-order valence-corrected chi connectivity index (χ4v) is 19.7. The first-order chi connectivity index (χ1) is 43.2. The van der Waals surface area contributed by atoms with E-state index in [1.54, 1.807) is 0 Å². The van der Waals surface area contributed by atoms with E-state index in [9.17, 15) is 0 Å². The number of para-hydroxylation sites is 8. The molecular weight excluding hydrogens is 1160 g/mol. The first-order valence-electron chi connectivity index (χ1n) is 29.7. The molecule has 0 unspecified atom stereocenters. The van der Waals surface area contributed by atoms with Crippen molar-refractivity contribution in [2.24, 2.45) is 0 Å². The summed E-state index contributed by atoms with van der Waals surface area (Å²) in [7, 11) is 0. The number of fused-ring (bicyclic) bond motifs is 11. The monoisotopic (exact) mass is 1210 g/mol. The molecule has 0 atom stereocenters. The number of hydrogen-bond donors (Lipinski definition) is 0. The minimum absolute atomic E-state index is 0.0527. The normalized spacial score (nSPS) is 13.1. The maximum absolute atomic E-state index is 2.71. The van der Waals surface area contributed by atoms with E-state index in [1.165, 1.54) is 106 Å². The maximum atomic E-state index is 2.71. The van der Waals surface area contributed by atoms with E-state index >= 15 is 0 Å². The molecule has 0 amide bonds. The molecule has 0 N–H and O–H groups in total. The van der Waals surface area contributed by atoms with Crippen LogP contribution >= 0.6 is 23.1 Å². The van der Waals surface area contributed by atoms with Gasteiger partial charge in [-0.15, -0.1) is 0 Å². The Morgan fingerprint density at radius 1 is 0.333 bits per heavy atom. The summed E-state index contributed by atoms with van der Waals surface area (Å²) in [6, 6.07) is 113. The molecule has 4 aliphatic rings. The third-order valence-electron chi connectivity index (χ3n) is 17.9. The third kappa shape index (κ3) is 8.08. The van der Waals surface area contributed by atoms with Gasteiger partial charge in [-0.2, -0.15) is 0 Å². The van der Waals surface area contributed by atoms with E-state index < -0.39 is 0 Å². The summed E-state index contributed by atoms with van der Waals surface area (Å²) in [6.07, 6.45) is 0. The van der Waals surface area contributed by atoms with E-state index in [4.69, 9.17) is 0 Å². The predicted molar refractivity (Wildman–Crippen MR) is 375 cm³/mol. The molecule has 0 spiro atoms. The zero-order valence-corrected chi connectivity index (χ0v) is 50.4. The quantitative estimate of drug-likeness (QED) is 0.133. The number of rotatable bonds is 9. The van der Waals surface area contributed by atoms with Crippen LogP contribution in [-0.4, -0.2) is 28.4 Å². The Balaban J connectivity index is 0.948. The van der Waals surface area contributed by atoms with Crippen molar-refractivity contribution in [3.63, 3.8) is 0 Å². The summed E-state index contributed by atoms with van der Waals surface area (Å²) in [4.78, 5) is 12.6. The standard InChI is InChI=1S/C78H50B2N4S2Se/c1-7-25-52(26-8-1)81(53-27-9-2-10-28-53)58-46-68-75-72(48-58)86-77-64(79(75)62-38-20-22-40-66(62)83(68)56-33-15-5-16-34-56)50-65-78(74(77)51-43-44-61-60-37-19-24-42-70(60)85-71(61)45-51)87-73-49-59(82(54-29-11-3-12-30-54)55-31-13-4-14-32-55)47-69-76(73)80(65)63-39-21-23-41-67(63)84(69)57-35-17-6-18-36-57/h1-50H. The molecule has 9 heteroatoms. The van der Waals surface area contributed by atoms with Crippen LogP contribution in [0.5, 0.6) is 0 Å². The van der Waals surface area contributed by atoms with Crippen LogP contribution in [0, 0.1) is 0 Å². The molecule has 0 radical (unpaired) electrons. The van der Waals surface area contributed by atoms with Crippen molar-refractivity contribution in [3.8, 4) is 11.1 Å². The van der Waals surface area contributed by atoms with Crippen molar-refractivity contribution in [2.45, 2.75) is 9.79 Å². The van der Waals surface area contributed by atoms with E-state index in [0.29, 0.717) is 0 Å². The topological polar surface area (TPSA) is 13.0 Å². The molecule has 1 aromatic heterocycles. The van der Waals surface area contributed by atoms with Crippen molar-refractivity contribution in [3.05, 3.63) is 303 Å². The Labute approximate surface area is 521 Å². The minimum atomic E-state index is -0.168. The fourth-order valence-electron chi connectivity index (χ4n) is 14.3. The molecule has 0 saturated carbocycles. The molecule has 4 aliphatic heterocycles. The molecule has 5 heterocycles. The van der Waals surface area contributed by atoms with E-state index in [2.05, 4.69) is 323 Å². The Kier molecular flexibility index (Phi) is 11.9. The molecule has 87 heavy (non-hydrogen) atoms. The molecule has 0 aliphatic carbocycles. The van der Waals surface area contributed by atoms with Gasteiger partial charge in [-0.1, -0.05) is 0 Å². The van der Waals surface area contributed by atoms with E-state index in [0.717, 1.165) is 45.5 Å². The number of hydrogen-bond acceptors (Lipinski definition) is 6. The Hall–Kier alpha value is -9.72. The summed E-state index contributed by atoms with van der Waals surface area (Å²) in [5, 5.41) is 2.62. The average molecular weight is 1210 g/mol. The molecule has 0 saturated heterocycles. The summed E-state index contributed by atoms with van der Waals surface area (Å²) in [5.74, 6) is 0. The van der Waals surface area contributed by atoms with E-state index in [-0.39, 0.29) is 28.4 Å². The van der Waals surface area contributed by atoms with Gasteiger partial charge >= 0.3 is 525 Å². The first kappa shape index (κ1) is 50.6. The van der Waals surface area contributed by atoms with Gasteiger partial charge in [0.15, 0.2) is 0 Å². The molecule has 0 fully saturated rings. The van der Waals surface area contributed by atoms with Crippen LogP contribution in [-0.2, 0) is 0 Å². The van der Waals surface area contributed by atoms with Gasteiger partial charge < -0.3 is 0 Å². The van der Waals surface area contributed by atoms with Gasteiger partial charge in [0.1, 0.15) is 0 Å². The number of nitrogens with zero attached hydrogens (tertiary/aromatic N) is 4. The van der Waals surface area contributed by atoms with Gasteiger partial charge in [0.25, 0.3) is 0 Å². The summed E-state index contributed by atoms with van der Waals surface area (Å²) in [6.45, 7) is -0.126. The van der Waals surface area contributed by atoms with E-state index in [1.807, 2.05) is 23.1 Å². The fraction of sp³-hybridized carbons (Fsp3) is 0. The zero-order chi connectivity index (χ0) is 57.1. The van der Waals surface area contributed by atoms with Crippen LogP contribution in [0.2, 0.25) is 0 Å². The molecule has 406 valence electrons. The second-order valence-corrected chi connectivity index (χ2v) is 27.0. The average Bonchev–Trinajstić information content (AvgIpc) is 1.00. The van der Waals surface area contributed by atoms with Gasteiger partial charge in [0.05, 0.1) is 0 Å². The molecule has 18 rings (SSSR count). The summed E-state index contributed by atoms with van der Waals surface area (Å²) in [5.41, 5.74) is 24.6. The number of benzene rings is 13. The SMILES string of the molecule is c1ccc(N(c2ccccc2)c2cc3c4c(c2)N(c2ccccc2)c2ccccc2B4c2cc4c(c(-c5ccc6c(c5)sc5ccccc56)c2S3)[Se]c2cc(N(c3ccccc3)c3ccccc3)cc3c2B4c2ccccc2N3c2ccccc2)cc1. The first-order valence-corrected chi connectivity index (χ1v) is 33.1. The Morgan fingerprint density at radius 2 is 0.793 bits per heavy atom. The number of thiophene rings is 1.